The molecule has 0 saturated heterocycles. The van der Waals surface area contributed by atoms with Crippen molar-refractivity contribution in [1.29, 1.82) is 0 Å². The second-order valence-electron chi connectivity index (χ2n) is 6.24. The molecule has 5 heteroatoms. The fourth-order valence-corrected chi connectivity index (χ4v) is 2.55. The Morgan fingerprint density at radius 2 is 1.88 bits per heavy atom. The number of benzene rings is 2. The first-order valence-corrected chi connectivity index (χ1v) is 8.05. The van der Waals surface area contributed by atoms with Gasteiger partial charge in [-0.3, -0.25) is 4.79 Å². The van der Waals surface area contributed by atoms with E-state index in [2.05, 4.69) is 10.6 Å². The highest BCUT2D eigenvalue weighted by molar-refractivity contribution is 6.00. The average Bonchev–Trinajstić information content (AvgIpc) is 3.41. The molecular formula is C19H22N2O3. The second kappa shape index (κ2) is 6.93. The predicted octanol–water partition coefficient (Wildman–Crippen LogP) is 2.94. The molecule has 0 aliphatic heterocycles. The number of aliphatic hydroxyl groups is 1. The lowest BCUT2D eigenvalue weighted by molar-refractivity contribution is 0.0936. The number of carbonyl (C=O) groups is 1. The van der Waals surface area contributed by atoms with Crippen LogP contribution in [0, 0.1) is 5.41 Å². The van der Waals surface area contributed by atoms with Gasteiger partial charge in [-0.1, -0.05) is 12.1 Å². The summed E-state index contributed by atoms with van der Waals surface area (Å²) in [6.07, 6.45) is 1.94. The van der Waals surface area contributed by atoms with Gasteiger partial charge in [0.05, 0.1) is 25.0 Å². The van der Waals surface area contributed by atoms with Crippen molar-refractivity contribution in [3.8, 4) is 5.75 Å². The molecule has 24 heavy (non-hydrogen) atoms. The third-order valence-electron chi connectivity index (χ3n) is 4.46. The van der Waals surface area contributed by atoms with Gasteiger partial charge in [0, 0.05) is 17.6 Å². The number of hydrogen-bond donors (Lipinski definition) is 3. The summed E-state index contributed by atoms with van der Waals surface area (Å²) >= 11 is 0. The highest BCUT2D eigenvalue weighted by Crippen LogP contribution is 2.44. The summed E-state index contributed by atoms with van der Waals surface area (Å²) in [5.74, 6) is 0.650. The zero-order valence-corrected chi connectivity index (χ0v) is 13.7. The van der Waals surface area contributed by atoms with E-state index in [1.807, 2.05) is 42.5 Å². The van der Waals surface area contributed by atoms with E-state index in [4.69, 9.17) is 4.74 Å². The fraction of sp³-hybridized carbons (Fsp3) is 0.316. The smallest absolute Gasteiger partial charge is 0.253 e. The molecule has 0 bridgehead atoms. The Morgan fingerprint density at radius 3 is 2.50 bits per heavy atom. The van der Waals surface area contributed by atoms with Gasteiger partial charge >= 0.3 is 0 Å². The maximum absolute atomic E-state index is 12.5. The van der Waals surface area contributed by atoms with Crippen molar-refractivity contribution in [1.82, 2.24) is 5.32 Å². The molecule has 0 aromatic heterocycles. The summed E-state index contributed by atoms with van der Waals surface area (Å²) in [5, 5.41) is 15.6. The summed E-state index contributed by atoms with van der Waals surface area (Å²) in [5.41, 5.74) is 2.11. The molecule has 1 aliphatic rings. The van der Waals surface area contributed by atoms with Crippen molar-refractivity contribution in [2.45, 2.75) is 12.8 Å². The monoisotopic (exact) mass is 326 g/mol. The molecular weight excluding hydrogens is 304 g/mol. The first kappa shape index (κ1) is 16.3. The molecule has 5 nitrogen and oxygen atoms in total. The van der Waals surface area contributed by atoms with Crippen LogP contribution in [0.1, 0.15) is 23.2 Å². The summed E-state index contributed by atoms with van der Waals surface area (Å²) in [4.78, 5) is 12.5. The Balaban J connectivity index is 1.70. The molecule has 126 valence electrons. The lowest BCUT2D eigenvalue weighted by Crippen LogP contribution is -2.32. The highest BCUT2D eigenvalue weighted by Gasteiger charge is 2.42. The predicted molar refractivity (Wildman–Crippen MR) is 93.8 cm³/mol. The molecule has 3 N–H and O–H groups in total. The molecule has 1 amide bonds. The van der Waals surface area contributed by atoms with E-state index >= 15 is 0 Å². The Labute approximate surface area is 141 Å². The minimum absolute atomic E-state index is 0.103. The molecule has 1 saturated carbocycles. The van der Waals surface area contributed by atoms with E-state index < -0.39 is 0 Å². The van der Waals surface area contributed by atoms with E-state index in [0.29, 0.717) is 12.1 Å². The SMILES string of the molecule is COc1ccc(Nc2ccccc2C(=O)NCC2(CO)CC2)cc1. The number of anilines is 2. The van der Waals surface area contributed by atoms with Crippen molar-refractivity contribution in [2.24, 2.45) is 5.41 Å². The van der Waals surface area contributed by atoms with E-state index in [-0.39, 0.29) is 17.9 Å². The zero-order valence-electron chi connectivity index (χ0n) is 13.7. The standard InChI is InChI=1S/C19H22N2O3/c1-24-15-8-6-14(7-9-15)21-17-5-3-2-4-16(17)18(23)20-12-19(13-22)10-11-19/h2-9,21-22H,10-13H2,1H3,(H,20,23). The number of amides is 1. The maximum Gasteiger partial charge on any atom is 0.253 e. The van der Waals surface area contributed by atoms with Crippen LogP contribution in [0.25, 0.3) is 0 Å². The summed E-state index contributed by atoms with van der Waals surface area (Å²) in [7, 11) is 1.63. The van der Waals surface area contributed by atoms with Crippen molar-refractivity contribution < 1.29 is 14.6 Å². The number of carbonyl (C=O) groups excluding carboxylic acids is 1. The van der Waals surface area contributed by atoms with Gasteiger partial charge in [0.1, 0.15) is 5.75 Å². The van der Waals surface area contributed by atoms with Gasteiger partial charge in [0.2, 0.25) is 0 Å². The summed E-state index contributed by atoms with van der Waals surface area (Å²) < 4.78 is 5.15. The molecule has 0 radical (unpaired) electrons. The van der Waals surface area contributed by atoms with Crippen molar-refractivity contribution in [3.05, 3.63) is 54.1 Å². The van der Waals surface area contributed by atoms with Gasteiger partial charge in [-0.05, 0) is 49.2 Å². The van der Waals surface area contributed by atoms with Crippen molar-refractivity contribution in [3.63, 3.8) is 0 Å². The van der Waals surface area contributed by atoms with Crippen LogP contribution in [0.15, 0.2) is 48.5 Å². The lowest BCUT2D eigenvalue weighted by Gasteiger charge is -2.15. The number of para-hydroxylation sites is 1. The van der Waals surface area contributed by atoms with Crippen LogP contribution in [0.2, 0.25) is 0 Å². The summed E-state index contributed by atoms with van der Waals surface area (Å²) in [6.45, 7) is 0.637. The molecule has 3 rings (SSSR count). The molecule has 0 spiro atoms. The third-order valence-corrected chi connectivity index (χ3v) is 4.46. The maximum atomic E-state index is 12.5. The molecule has 0 atom stereocenters. The Morgan fingerprint density at radius 1 is 1.17 bits per heavy atom. The third kappa shape index (κ3) is 3.68. The largest absolute Gasteiger partial charge is 0.497 e. The Kier molecular flexibility index (Phi) is 4.71. The number of ether oxygens (including phenoxy) is 1. The molecule has 2 aromatic rings. The molecule has 0 heterocycles. The Bertz CT molecular complexity index is 709. The van der Waals surface area contributed by atoms with Gasteiger partial charge in [0.15, 0.2) is 0 Å². The lowest BCUT2D eigenvalue weighted by atomic mass is 10.1. The zero-order chi connectivity index (χ0) is 17.0. The van der Waals surface area contributed by atoms with Gasteiger partial charge < -0.3 is 20.5 Å². The minimum Gasteiger partial charge on any atom is -0.497 e. The number of aliphatic hydroxyl groups excluding tert-OH is 1. The van der Waals surface area contributed by atoms with Crippen molar-refractivity contribution >= 4 is 17.3 Å². The number of nitrogens with one attached hydrogen (secondary N) is 2. The Hall–Kier alpha value is -2.53. The number of rotatable bonds is 7. The average molecular weight is 326 g/mol. The first-order chi connectivity index (χ1) is 11.7. The van der Waals surface area contributed by atoms with Crippen LogP contribution in [0.4, 0.5) is 11.4 Å². The topological polar surface area (TPSA) is 70.6 Å². The van der Waals surface area contributed by atoms with E-state index in [1.54, 1.807) is 13.2 Å². The second-order valence-corrected chi connectivity index (χ2v) is 6.24. The van der Waals surface area contributed by atoms with E-state index in [9.17, 15) is 9.90 Å². The quantitative estimate of drug-likeness (QED) is 0.731. The molecule has 1 fully saturated rings. The van der Waals surface area contributed by atoms with Crippen LogP contribution >= 0.6 is 0 Å². The van der Waals surface area contributed by atoms with Gasteiger partial charge in [-0.2, -0.15) is 0 Å². The molecule has 2 aromatic carbocycles. The van der Waals surface area contributed by atoms with Crippen molar-refractivity contribution in [2.75, 3.05) is 25.6 Å². The molecule has 0 unspecified atom stereocenters. The fourth-order valence-electron chi connectivity index (χ4n) is 2.55. The minimum atomic E-state index is -0.133. The van der Waals surface area contributed by atoms with E-state index in [0.717, 1.165) is 30.0 Å². The number of hydrogen-bond acceptors (Lipinski definition) is 4. The van der Waals surface area contributed by atoms with Crippen LogP contribution in [0.3, 0.4) is 0 Å². The first-order valence-electron chi connectivity index (χ1n) is 8.05. The number of methoxy groups -OCH3 is 1. The van der Waals surface area contributed by atoms with Crippen LogP contribution in [-0.2, 0) is 0 Å². The van der Waals surface area contributed by atoms with Gasteiger partial charge in [-0.15, -0.1) is 0 Å². The van der Waals surface area contributed by atoms with Crippen LogP contribution in [0.5, 0.6) is 5.75 Å². The normalized spacial score (nSPS) is 14.8. The van der Waals surface area contributed by atoms with Crippen LogP contribution in [-0.4, -0.2) is 31.3 Å². The van der Waals surface area contributed by atoms with E-state index in [1.165, 1.54) is 0 Å². The summed E-state index contributed by atoms with van der Waals surface area (Å²) in [6, 6.07) is 14.9. The molecule has 1 aliphatic carbocycles. The van der Waals surface area contributed by atoms with Crippen LogP contribution < -0.4 is 15.4 Å². The highest BCUT2D eigenvalue weighted by atomic mass is 16.5. The van der Waals surface area contributed by atoms with Gasteiger partial charge in [-0.25, -0.2) is 0 Å². The van der Waals surface area contributed by atoms with Gasteiger partial charge in [0.25, 0.3) is 5.91 Å².